The van der Waals surface area contributed by atoms with Gasteiger partial charge in [-0.05, 0) is 42.5 Å². The molecule has 4 rings (SSSR count). The highest BCUT2D eigenvalue weighted by atomic mass is 35.5. The molecule has 0 radical (unpaired) electrons. The molecule has 138 valence electrons. The van der Waals surface area contributed by atoms with Gasteiger partial charge in [-0.2, -0.15) is 0 Å². The molecule has 1 aliphatic heterocycles. The summed E-state index contributed by atoms with van der Waals surface area (Å²) < 4.78 is 11.0. The monoisotopic (exact) mass is 410 g/mol. The first-order chi connectivity index (χ1) is 13.5. The molecule has 0 spiro atoms. The average molecular weight is 411 g/mol. The predicted octanol–water partition coefficient (Wildman–Crippen LogP) is 5.83. The number of ketones is 1. The topological polar surface area (TPSA) is 52.6 Å². The van der Waals surface area contributed by atoms with Gasteiger partial charge in [0.05, 0.1) is 11.1 Å². The van der Waals surface area contributed by atoms with Crippen molar-refractivity contribution in [3.63, 3.8) is 0 Å². The first kappa shape index (κ1) is 18.3. The maximum Gasteiger partial charge on any atom is 0.343 e. The number of hydrogen-bond donors (Lipinski definition) is 0. The summed E-state index contributed by atoms with van der Waals surface area (Å²) in [5.41, 5.74) is 1.29. The fraction of sp³-hybridized carbons (Fsp3) is 0. The van der Waals surface area contributed by atoms with Crippen LogP contribution in [0.1, 0.15) is 26.3 Å². The Balaban J connectivity index is 1.60. The van der Waals surface area contributed by atoms with E-state index in [9.17, 15) is 9.59 Å². The number of carbonyl (C=O) groups is 2. The number of carbonyl (C=O) groups excluding carboxylic acids is 2. The van der Waals surface area contributed by atoms with Gasteiger partial charge < -0.3 is 9.47 Å². The Labute approximate surface area is 170 Å². The molecule has 3 aromatic carbocycles. The van der Waals surface area contributed by atoms with Crippen LogP contribution >= 0.6 is 23.2 Å². The molecule has 0 saturated carbocycles. The van der Waals surface area contributed by atoms with Crippen molar-refractivity contribution >= 4 is 41.0 Å². The molecule has 0 saturated heterocycles. The molecule has 6 heteroatoms. The van der Waals surface area contributed by atoms with Crippen molar-refractivity contribution in [3.8, 4) is 11.5 Å². The smallest absolute Gasteiger partial charge is 0.343 e. The van der Waals surface area contributed by atoms with E-state index in [-0.39, 0.29) is 17.3 Å². The molecule has 0 unspecified atom stereocenters. The number of allylic oxidation sites excluding steroid dienone is 1. The third-order valence-corrected chi connectivity index (χ3v) is 4.80. The van der Waals surface area contributed by atoms with Crippen LogP contribution in [-0.2, 0) is 0 Å². The Morgan fingerprint density at radius 3 is 2.36 bits per heavy atom. The summed E-state index contributed by atoms with van der Waals surface area (Å²) in [4.78, 5) is 24.8. The van der Waals surface area contributed by atoms with E-state index in [0.29, 0.717) is 32.5 Å². The van der Waals surface area contributed by atoms with E-state index in [2.05, 4.69) is 0 Å². The summed E-state index contributed by atoms with van der Waals surface area (Å²) >= 11 is 12.3. The van der Waals surface area contributed by atoms with E-state index in [1.165, 1.54) is 12.1 Å². The third-order valence-electron chi connectivity index (χ3n) is 4.14. The lowest BCUT2D eigenvalue weighted by Gasteiger charge is -2.05. The number of rotatable bonds is 3. The molecule has 0 aliphatic carbocycles. The normalized spacial score (nSPS) is 13.9. The molecule has 0 atom stereocenters. The van der Waals surface area contributed by atoms with E-state index in [1.807, 2.05) is 6.07 Å². The second kappa shape index (κ2) is 7.50. The highest BCUT2D eigenvalue weighted by Gasteiger charge is 2.28. The van der Waals surface area contributed by atoms with Gasteiger partial charge >= 0.3 is 5.97 Å². The minimum Gasteiger partial charge on any atom is -0.452 e. The summed E-state index contributed by atoms with van der Waals surface area (Å²) in [6.45, 7) is 0. The van der Waals surface area contributed by atoms with Crippen LogP contribution in [0.5, 0.6) is 11.5 Å². The predicted molar refractivity (Wildman–Crippen MR) is 107 cm³/mol. The number of esters is 1. The minimum absolute atomic E-state index is 0.0940. The number of hydrogen-bond acceptors (Lipinski definition) is 4. The van der Waals surface area contributed by atoms with Crippen molar-refractivity contribution in [3.05, 3.63) is 99.2 Å². The van der Waals surface area contributed by atoms with Gasteiger partial charge in [-0.25, -0.2) is 4.79 Å². The van der Waals surface area contributed by atoms with Crippen LogP contribution in [-0.4, -0.2) is 11.8 Å². The zero-order valence-corrected chi connectivity index (χ0v) is 15.8. The summed E-state index contributed by atoms with van der Waals surface area (Å²) in [5, 5.41) is 0.815. The Bertz CT molecular complexity index is 1100. The molecule has 1 aliphatic rings. The zero-order valence-electron chi connectivity index (χ0n) is 14.3. The van der Waals surface area contributed by atoms with Crippen LogP contribution in [0.4, 0.5) is 0 Å². The van der Waals surface area contributed by atoms with Crippen molar-refractivity contribution < 1.29 is 19.1 Å². The second-order valence-electron chi connectivity index (χ2n) is 5.99. The Morgan fingerprint density at radius 2 is 1.64 bits per heavy atom. The zero-order chi connectivity index (χ0) is 19.7. The fourth-order valence-electron chi connectivity index (χ4n) is 2.75. The van der Waals surface area contributed by atoms with Gasteiger partial charge in [-0.3, -0.25) is 4.79 Å². The minimum atomic E-state index is -0.497. The van der Waals surface area contributed by atoms with Crippen molar-refractivity contribution in [1.29, 1.82) is 0 Å². The van der Waals surface area contributed by atoms with Crippen molar-refractivity contribution in [1.82, 2.24) is 0 Å². The summed E-state index contributed by atoms with van der Waals surface area (Å²) in [6.07, 6.45) is 1.50. The molecule has 28 heavy (non-hydrogen) atoms. The van der Waals surface area contributed by atoms with Crippen LogP contribution in [0.3, 0.4) is 0 Å². The Morgan fingerprint density at radius 1 is 0.929 bits per heavy atom. The molecule has 0 amide bonds. The van der Waals surface area contributed by atoms with Crippen molar-refractivity contribution in [2.24, 2.45) is 0 Å². The van der Waals surface area contributed by atoms with E-state index in [1.54, 1.807) is 54.6 Å². The van der Waals surface area contributed by atoms with Gasteiger partial charge in [-0.15, -0.1) is 0 Å². The van der Waals surface area contributed by atoms with Crippen LogP contribution < -0.4 is 9.47 Å². The molecule has 0 bridgehead atoms. The fourth-order valence-corrected chi connectivity index (χ4v) is 3.26. The van der Waals surface area contributed by atoms with E-state index >= 15 is 0 Å². The first-order valence-corrected chi connectivity index (χ1v) is 9.08. The number of halogens is 2. The first-order valence-electron chi connectivity index (χ1n) is 8.32. The van der Waals surface area contributed by atoms with Crippen LogP contribution in [0.15, 0.2) is 72.5 Å². The van der Waals surface area contributed by atoms with Crippen molar-refractivity contribution in [2.45, 2.75) is 0 Å². The van der Waals surface area contributed by atoms with Gasteiger partial charge in [0.2, 0.25) is 5.78 Å². The lowest BCUT2D eigenvalue weighted by Crippen LogP contribution is -2.08. The lowest BCUT2D eigenvalue weighted by molar-refractivity contribution is 0.0734. The molecule has 1 heterocycles. The SMILES string of the molecule is O=C(Oc1ccc2c(c1)O/C(=C\c1c(Cl)cccc1Cl)C2=O)c1ccccc1. The van der Waals surface area contributed by atoms with Crippen LogP contribution in [0.2, 0.25) is 10.0 Å². The number of benzene rings is 3. The van der Waals surface area contributed by atoms with Crippen LogP contribution in [0.25, 0.3) is 6.08 Å². The molecular weight excluding hydrogens is 399 g/mol. The number of fused-ring (bicyclic) bond motifs is 1. The van der Waals surface area contributed by atoms with Gasteiger partial charge in [0.15, 0.2) is 5.76 Å². The van der Waals surface area contributed by atoms with Gasteiger partial charge in [0, 0.05) is 21.7 Å². The van der Waals surface area contributed by atoms with Gasteiger partial charge in [0.25, 0.3) is 0 Å². The van der Waals surface area contributed by atoms with Crippen molar-refractivity contribution in [2.75, 3.05) is 0 Å². The van der Waals surface area contributed by atoms with Crippen LogP contribution in [0, 0.1) is 0 Å². The molecule has 3 aromatic rings. The average Bonchev–Trinajstić information content (AvgIpc) is 3.00. The summed E-state index contributed by atoms with van der Waals surface area (Å²) in [7, 11) is 0. The maximum absolute atomic E-state index is 12.6. The standard InChI is InChI=1S/C22H12Cl2O4/c23-17-7-4-8-18(24)16(17)12-20-21(25)15-10-9-14(11-19(15)28-20)27-22(26)13-5-2-1-3-6-13/h1-12H/b20-12-. The van der Waals surface area contributed by atoms with Gasteiger partial charge in [-0.1, -0.05) is 47.5 Å². The maximum atomic E-state index is 12.6. The number of ether oxygens (including phenoxy) is 2. The third kappa shape index (κ3) is 3.52. The van der Waals surface area contributed by atoms with E-state index < -0.39 is 5.97 Å². The quantitative estimate of drug-likeness (QED) is 0.309. The molecule has 0 fully saturated rings. The Hall–Kier alpha value is -3.08. The Kier molecular flexibility index (Phi) is 4.90. The highest BCUT2D eigenvalue weighted by molar-refractivity contribution is 6.37. The lowest BCUT2D eigenvalue weighted by atomic mass is 10.1. The second-order valence-corrected chi connectivity index (χ2v) is 6.80. The number of Topliss-reactive ketones (excluding diaryl/α,β-unsaturated/α-hetero) is 1. The van der Waals surface area contributed by atoms with E-state index in [4.69, 9.17) is 32.7 Å². The largest absolute Gasteiger partial charge is 0.452 e. The molecule has 0 N–H and O–H groups in total. The highest BCUT2D eigenvalue weighted by Crippen LogP contribution is 2.36. The summed E-state index contributed by atoms with van der Waals surface area (Å²) in [6, 6.07) is 18.3. The summed E-state index contributed by atoms with van der Waals surface area (Å²) in [5.74, 6) is -0.123. The molecular formula is C22H12Cl2O4. The molecule has 0 aromatic heterocycles. The van der Waals surface area contributed by atoms with Gasteiger partial charge in [0.1, 0.15) is 11.5 Å². The van der Waals surface area contributed by atoms with E-state index in [0.717, 1.165) is 0 Å². The molecule has 4 nitrogen and oxygen atoms in total.